The fourth-order valence-electron chi connectivity index (χ4n) is 2.75. The van der Waals surface area contributed by atoms with Gasteiger partial charge in [-0.3, -0.25) is 4.79 Å². The van der Waals surface area contributed by atoms with Crippen LogP contribution in [0.5, 0.6) is 11.5 Å². The van der Waals surface area contributed by atoms with Crippen LogP contribution in [0, 0.1) is 0 Å². The Labute approximate surface area is 157 Å². The minimum absolute atomic E-state index is 0.137. The Morgan fingerprint density at radius 2 is 1.80 bits per heavy atom. The fraction of sp³-hybridized carbons (Fsp3) is 0.316. The minimum Gasteiger partial charge on any atom is -0.490 e. The molecule has 3 rings (SSSR count). The Morgan fingerprint density at radius 1 is 1.08 bits per heavy atom. The summed E-state index contributed by atoms with van der Waals surface area (Å²) in [6, 6.07) is 12.2. The summed E-state index contributed by atoms with van der Waals surface area (Å²) in [7, 11) is 0. The van der Waals surface area contributed by atoms with E-state index >= 15 is 0 Å². The third-order valence-electron chi connectivity index (χ3n) is 4.00. The van der Waals surface area contributed by atoms with Crippen molar-refractivity contribution in [3.05, 3.63) is 52.5 Å². The van der Waals surface area contributed by atoms with E-state index in [0.717, 1.165) is 18.6 Å². The number of hydrogen-bond donors (Lipinski definition) is 1. The number of amides is 1. The molecule has 4 nitrogen and oxygen atoms in total. The molecule has 1 amide bonds. The maximum absolute atomic E-state index is 12.0. The van der Waals surface area contributed by atoms with Crippen LogP contribution >= 0.6 is 23.2 Å². The number of anilines is 1. The second-order valence-electron chi connectivity index (χ2n) is 5.96. The van der Waals surface area contributed by atoms with E-state index in [1.807, 2.05) is 24.3 Å². The number of carbonyl (C=O) groups excluding carboxylic acids is 1. The van der Waals surface area contributed by atoms with Gasteiger partial charge in [-0.1, -0.05) is 23.2 Å². The molecular weight excluding hydrogens is 361 g/mol. The lowest BCUT2D eigenvalue weighted by Crippen LogP contribution is -2.20. The smallest absolute Gasteiger partial charge is 0.262 e. The van der Waals surface area contributed by atoms with Gasteiger partial charge in [-0.15, -0.1) is 0 Å². The molecule has 1 fully saturated rings. The predicted octanol–water partition coefficient (Wildman–Crippen LogP) is 5.33. The van der Waals surface area contributed by atoms with Crippen molar-refractivity contribution in [1.82, 2.24) is 0 Å². The van der Waals surface area contributed by atoms with Gasteiger partial charge in [0.25, 0.3) is 5.91 Å². The van der Waals surface area contributed by atoms with Gasteiger partial charge in [0.2, 0.25) is 0 Å². The van der Waals surface area contributed by atoms with Crippen LogP contribution in [0.1, 0.15) is 25.7 Å². The molecule has 0 unspecified atom stereocenters. The summed E-state index contributed by atoms with van der Waals surface area (Å²) in [5, 5.41) is 3.66. The van der Waals surface area contributed by atoms with Gasteiger partial charge in [-0.25, -0.2) is 0 Å². The van der Waals surface area contributed by atoms with Crippen LogP contribution < -0.4 is 14.8 Å². The molecule has 2 aromatic rings. The summed E-state index contributed by atoms with van der Waals surface area (Å²) in [5.74, 6) is 0.978. The Kier molecular flexibility index (Phi) is 6.05. The highest BCUT2D eigenvalue weighted by atomic mass is 35.5. The number of carbonyl (C=O) groups is 1. The third-order valence-corrected chi connectivity index (χ3v) is 4.53. The molecule has 0 heterocycles. The lowest BCUT2D eigenvalue weighted by Gasteiger charge is -2.13. The summed E-state index contributed by atoms with van der Waals surface area (Å²) in [4.78, 5) is 12.0. The van der Waals surface area contributed by atoms with E-state index < -0.39 is 0 Å². The van der Waals surface area contributed by atoms with Crippen LogP contribution in [0.3, 0.4) is 0 Å². The second-order valence-corrected chi connectivity index (χ2v) is 6.80. The maximum atomic E-state index is 12.0. The molecule has 0 saturated heterocycles. The largest absolute Gasteiger partial charge is 0.490 e. The lowest BCUT2D eigenvalue weighted by atomic mass is 10.2. The van der Waals surface area contributed by atoms with E-state index in [1.165, 1.54) is 12.8 Å². The van der Waals surface area contributed by atoms with E-state index in [4.69, 9.17) is 32.7 Å². The van der Waals surface area contributed by atoms with E-state index in [9.17, 15) is 4.79 Å². The molecule has 0 radical (unpaired) electrons. The average Bonchev–Trinajstić information content (AvgIpc) is 3.09. The van der Waals surface area contributed by atoms with Gasteiger partial charge < -0.3 is 14.8 Å². The molecular formula is C19H19Cl2NO3. The number of halogens is 2. The molecule has 0 aromatic heterocycles. The normalized spacial score (nSPS) is 14.3. The molecule has 0 bridgehead atoms. The Morgan fingerprint density at radius 3 is 2.48 bits per heavy atom. The first-order valence-electron chi connectivity index (χ1n) is 8.24. The van der Waals surface area contributed by atoms with E-state index in [0.29, 0.717) is 27.6 Å². The number of benzene rings is 2. The number of nitrogens with one attached hydrogen (secondary N) is 1. The van der Waals surface area contributed by atoms with Gasteiger partial charge >= 0.3 is 0 Å². The highest BCUT2D eigenvalue weighted by molar-refractivity contribution is 6.35. The summed E-state index contributed by atoms with van der Waals surface area (Å²) in [5.41, 5.74) is 0.689. The molecule has 0 atom stereocenters. The van der Waals surface area contributed by atoms with Crippen molar-refractivity contribution in [1.29, 1.82) is 0 Å². The van der Waals surface area contributed by atoms with Crippen LogP contribution in [0.25, 0.3) is 0 Å². The molecule has 6 heteroatoms. The standard InChI is InChI=1S/C19H19Cl2NO3/c20-13-5-10-18(17(21)11-13)24-12-19(23)22-14-6-8-16(9-7-14)25-15-3-1-2-4-15/h5-11,15H,1-4,12H2,(H,22,23). The zero-order chi connectivity index (χ0) is 17.6. The minimum atomic E-state index is -0.268. The fourth-order valence-corrected chi connectivity index (χ4v) is 3.21. The Hall–Kier alpha value is -1.91. The molecule has 2 aromatic carbocycles. The van der Waals surface area contributed by atoms with Crippen molar-refractivity contribution in [3.63, 3.8) is 0 Å². The molecule has 1 N–H and O–H groups in total. The third kappa shape index (κ3) is 5.28. The summed E-state index contributed by atoms with van der Waals surface area (Å²) in [6.07, 6.45) is 5.01. The number of rotatable bonds is 6. The van der Waals surface area contributed by atoms with Gasteiger partial charge in [-0.2, -0.15) is 0 Å². The summed E-state index contributed by atoms with van der Waals surface area (Å²) >= 11 is 11.8. The van der Waals surface area contributed by atoms with Crippen LogP contribution in [0.2, 0.25) is 10.0 Å². The lowest BCUT2D eigenvalue weighted by molar-refractivity contribution is -0.118. The predicted molar refractivity (Wildman–Crippen MR) is 99.9 cm³/mol. The SMILES string of the molecule is O=C(COc1ccc(Cl)cc1Cl)Nc1ccc(OC2CCCC2)cc1. The van der Waals surface area contributed by atoms with Crippen molar-refractivity contribution in [2.45, 2.75) is 31.8 Å². The van der Waals surface area contributed by atoms with Crippen LogP contribution in [0.4, 0.5) is 5.69 Å². The Bertz CT molecular complexity index is 728. The molecule has 1 aliphatic rings. The van der Waals surface area contributed by atoms with Gasteiger partial charge in [0.05, 0.1) is 11.1 Å². The van der Waals surface area contributed by atoms with Crippen molar-refractivity contribution >= 4 is 34.8 Å². The van der Waals surface area contributed by atoms with E-state index in [-0.39, 0.29) is 12.5 Å². The van der Waals surface area contributed by atoms with E-state index in [2.05, 4.69) is 5.32 Å². The van der Waals surface area contributed by atoms with Crippen molar-refractivity contribution in [2.24, 2.45) is 0 Å². The molecule has 1 saturated carbocycles. The van der Waals surface area contributed by atoms with Crippen molar-refractivity contribution < 1.29 is 14.3 Å². The number of hydrogen-bond acceptors (Lipinski definition) is 3. The maximum Gasteiger partial charge on any atom is 0.262 e. The molecule has 0 aliphatic heterocycles. The molecule has 25 heavy (non-hydrogen) atoms. The first kappa shape index (κ1) is 17.9. The Balaban J connectivity index is 1.48. The van der Waals surface area contributed by atoms with Gasteiger partial charge in [0.1, 0.15) is 11.5 Å². The highest BCUT2D eigenvalue weighted by Crippen LogP contribution is 2.27. The average molecular weight is 380 g/mol. The molecule has 1 aliphatic carbocycles. The first-order chi connectivity index (χ1) is 12.1. The van der Waals surface area contributed by atoms with Crippen LogP contribution in [-0.2, 0) is 4.79 Å². The van der Waals surface area contributed by atoms with Gasteiger partial charge in [0, 0.05) is 10.7 Å². The number of ether oxygens (including phenoxy) is 2. The van der Waals surface area contributed by atoms with Crippen molar-refractivity contribution in [2.75, 3.05) is 11.9 Å². The van der Waals surface area contributed by atoms with Crippen molar-refractivity contribution in [3.8, 4) is 11.5 Å². The summed E-state index contributed by atoms with van der Waals surface area (Å²) in [6.45, 7) is -0.137. The zero-order valence-electron chi connectivity index (χ0n) is 13.6. The quantitative estimate of drug-likeness (QED) is 0.737. The first-order valence-corrected chi connectivity index (χ1v) is 9.00. The van der Waals surface area contributed by atoms with Crippen LogP contribution in [-0.4, -0.2) is 18.6 Å². The zero-order valence-corrected chi connectivity index (χ0v) is 15.1. The van der Waals surface area contributed by atoms with E-state index in [1.54, 1.807) is 18.2 Å². The topological polar surface area (TPSA) is 47.6 Å². The molecule has 132 valence electrons. The van der Waals surface area contributed by atoms with Gasteiger partial charge in [0.15, 0.2) is 6.61 Å². The second kappa shape index (κ2) is 8.45. The monoisotopic (exact) mass is 379 g/mol. The molecule has 0 spiro atoms. The van der Waals surface area contributed by atoms with Gasteiger partial charge in [-0.05, 0) is 68.1 Å². The summed E-state index contributed by atoms with van der Waals surface area (Å²) < 4.78 is 11.3. The highest BCUT2D eigenvalue weighted by Gasteiger charge is 2.16. The van der Waals surface area contributed by atoms with Crippen LogP contribution in [0.15, 0.2) is 42.5 Å².